The van der Waals surface area contributed by atoms with Crippen molar-refractivity contribution in [1.82, 2.24) is 14.1 Å². The molecule has 5 aromatic carbocycles. The molecule has 0 saturated carbocycles. The Morgan fingerprint density at radius 1 is 0.660 bits per heavy atom. The lowest BCUT2D eigenvalue weighted by molar-refractivity contribution is -0.579. The molecule has 252 valence electrons. The zero-order valence-electron chi connectivity index (χ0n) is 29.3. The van der Waals surface area contributed by atoms with Crippen LogP contribution in [0, 0.1) is 0 Å². The Morgan fingerprint density at radius 2 is 1.47 bits per heavy atom. The average molecular weight is 682 g/mol. The van der Waals surface area contributed by atoms with Crippen LogP contribution in [0.5, 0.6) is 0 Å². The minimum Gasteiger partial charge on any atom is -0.317 e. The standard InChI is InChI=1S/C49H36N4/c1-5-11-44-35(7-1)27-32-52(44)38-17-13-33(14-18-38)34-15-19-39(20-16-34)53-45-12-6-3-9-42(45)47-46(53)22-21-41-40-8-2-4-10-43(40)49(48(41)47,36-23-28-50-29-24-36)37-25-30-51-31-26-37/h1-15,17-19,21-30,32,51H,16,20,31H2/p+1. The Balaban J connectivity index is 1.08. The Hall–Kier alpha value is -6.49. The predicted octanol–water partition coefficient (Wildman–Crippen LogP) is 10.2. The number of nitrogens with two attached hydrogens (primary N) is 1. The van der Waals surface area contributed by atoms with Gasteiger partial charge in [-0.3, -0.25) is 4.98 Å². The second-order valence-corrected chi connectivity index (χ2v) is 14.4. The molecule has 4 heteroatoms. The molecular formula is C49H37N4+. The van der Waals surface area contributed by atoms with Gasteiger partial charge in [0, 0.05) is 40.7 Å². The molecular weight excluding hydrogens is 645 g/mol. The minimum absolute atomic E-state index is 0.471. The lowest BCUT2D eigenvalue weighted by Gasteiger charge is -2.35. The van der Waals surface area contributed by atoms with Gasteiger partial charge in [-0.1, -0.05) is 84.9 Å². The smallest absolute Gasteiger partial charge is 0.0990 e. The molecule has 3 aromatic heterocycles. The highest BCUT2D eigenvalue weighted by Crippen LogP contribution is 2.59. The molecule has 3 aliphatic rings. The summed E-state index contributed by atoms with van der Waals surface area (Å²) in [6.07, 6.45) is 19.7. The SMILES string of the molecule is C1=CC(C2(c3ccncc3)c3ccccc3-c3ccc4c(c32)c2ccccc2n4C2=CC=C(c3ccc(-n4ccc5ccccc54)cc3)CC2)=CC[NH2+]1. The van der Waals surface area contributed by atoms with Crippen LogP contribution in [0.4, 0.5) is 0 Å². The first-order valence-electron chi connectivity index (χ1n) is 18.7. The summed E-state index contributed by atoms with van der Waals surface area (Å²) in [6.45, 7) is 0.918. The van der Waals surface area contributed by atoms with Crippen molar-refractivity contribution >= 4 is 44.0 Å². The first-order valence-corrected chi connectivity index (χ1v) is 18.7. The molecule has 1 atom stereocenters. The number of hydrogen-bond donors (Lipinski definition) is 1. The molecule has 4 heterocycles. The quantitative estimate of drug-likeness (QED) is 0.193. The largest absolute Gasteiger partial charge is 0.317 e. The molecule has 11 rings (SSSR count). The monoisotopic (exact) mass is 681 g/mol. The van der Waals surface area contributed by atoms with Gasteiger partial charge < -0.3 is 14.5 Å². The van der Waals surface area contributed by atoms with Crippen molar-refractivity contribution in [2.75, 3.05) is 6.54 Å². The van der Waals surface area contributed by atoms with Crippen molar-refractivity contribution in [2.45, 2.75) is 18.3 Å². The van der Waals surface area contributed by atoms with Crippen molar-refractivity contribution in [3.05, 3.63) is 204 Å². The average Bonchev–Trinajstić information content (AvgIpc) is 3.91. The van der Waals surface area contributed by atoms with E-state index < -0.39 is 5.41 Å². The third kappa shape index (κ3) is 4.36. The topological polar surface area (TPSA) is 39.4 Å². The number of para-hydroxylation sites is 2. The van der Waals surface area contributed by atoms with Crippen LogP contribution in [0.3, 0.4) is 0 Å². The highest BCUT2D eigenvalue weighted by Gasteiger charge is 2.49. The number of pyridine rings is 1. The molecule has 1 unspecified atom stereocenters. The third-order valence-corrected chi connectivity index (χ3v) is 11.8. The van der Waals surface area contributed by atoms with Crippen molar-refractivity contribution in [2.24, 2.45) is 0 Å². The Labute approximate surface area is 308 Å². The fraction of sp³-hybridized carbons (Fsp3) is 0.0816. The van der Waals surface area contributed by atoms with Crippen molar-refractivity contribution in [1.29, 1.82) is 0 Å². The Kier molecular flexibility index (Phi) is 6.70. The number of rotatable bonds is 5. The molecule has 2 N–H and O–H groups in total. The minimum atomic E-state index is -0.471. The second kappa shape index (κ2) is 11.8. The number of hydrogen-bond acceptors (Lipinski definition) is 1. The molecule has 4 nitrogen and oxygen atoms in total. The van der Waals surface area contributed by atoms with Crippen LogP contribution < -0.4 is 5.32 Å². The van der Waals surface area contributed by atoms with E-state index in [0.717, 1.165) is 19.4 Å². The molecule has 1 aliphatic heterocycles. The molecule has 2 aliphatic carbocycles. The van der Waals surface area contributed by atoms with Gasteiger partial charge in [-0.15, -0.1) is 0 Å². The van der Waals surface area contributed by atoms with Crippen LogP contribution in [-0.2, 0) is 5.41 Å². The number of nitrogens with zero attached hydrogens (tertiary/aromatic N) is 3. The van der Waals surface area contributed by atoms with Gasteiger partial charge >= 0.3 is 0 Å². The molecule has 0 bridgehead atoms. The van der Waals surface area contributed by atoms with Crippen molar-refractivity contribution in [3.63, 3.8) is 0 Å². The molecule has 0 amide bonds. The third-order valence-electron chi connectivity index (χ3n) is 11.8. The highest BCUT2D eigenvalue weighted by molar-refractivity contribution is 6.16. The van der Waals surface area contributed by atoms with Crippen LogP contribution in [-0.4, -0.2) is 20.7 Å². The van der Waals surface area contributed by atoms with E-state index in [1.165, 1.54) is 88.6 Å². The van der Waals surface area contributed by atoms with Gasteiger partial charge in [0.05, 0.1) is 34.7 Å². The number of fused-ring (bicyclic) bond motifs is 8. The molecule has 8 aromatic rings. The fourth-order valence-electron chi connectivity index (χ4n) is 9.52. The maximum absolute atomic E-state index is 4.48. The van der Waals surface area contributed by atoms with Crippen LogP contribution >= 0.6 is 0 Å². The van der Waals surface area contributed by atoms with E-state index in [0.29, 0.717) is 0 Å². The molecule has 0 spiro atoms. The Bertz CT molecular complexity index is 2880. The van der Waals surface area contributed by atoms with Crippen LogP contribution in [0.25, 0.3) is 60.8 Å². The van der Waals surface area contributed by atoms with Crippen LogP contribution in [0.15, 0.2) is 182 Å². The maximum atomic E-state index is 4.48. The number of quaternary nitrogens is 1. The zero-order valence-corrected chi connectivity index (χ0v) is 29.3. The van der Waals surface area contributed by atoms with Crippen LogP contribution in [0.1, 0.15) is 35.1 Å². The van der Waals surface area contributed by atoms with Gasteiger partial charge in [0.25, 0.3) is 0 Å². The summed E-state index contributed by atoms with van der Waals surface area (Å²) in [6, 6.07) is 47.0. The van der Waals surface area contributed by atoms with Crippen molar-refractivity contribution < 1.29 is 5.32 Å². The first kappa shape index (κ1) is 30.2. The summed E-state index contributed by atoms with van der Waals surface area (Å²) in [5, 5.41) is 6.13. The van der Waals surface area contributed by atoms with Crippen molar-refractivity contribution in [3.8, 4) is 16.8 Å². The summed E-state index contributed by atoms with van der Waals surface area (Å²) in [5.74, 6) is 0. The highest BCUT2D eigenvalue weighted by atomic mass is 15.0. The van der Waals surface area contributed by atoms with E-state index in [9.17, 15) is 0 Å². The van der Waals surface area contributed by atoms with Crippen LogP contribution in [0.2, 0.25) is 0 Å². The van der Waals surface area contributed by atoms with Gasteiger partial charge in [-0.05, 0) is 130 Å². The second-order valence-electron chi connectivity index (χ2n) is 14.4. The maximum Gasteiger partial charge on any atom is 0.0990 e. The molecule has 0 radical (unpaired) electrons. The molecule has 53 heavy (non-hydrogen) atoms. The Morgan fingerprint density at radius 3 is 2.30 bits per heavy atom. The lowest BCUT2D eigenvalue weighted by Crippen LogP contribution is -2.78. The van der Waals surface area contributed by atoms with E-state index >= 15 is 0 Å². The summed E-state index contributed by atoms with van der Waals surface area (Å²) in [4.78, 5) is 4.48. The normalized spacial score (nSPS) is 17.8. The van der Waals surface area contributed by atoms with E-state index in [2.05, 4.69) is 184 Å². The molecule has 0 fully saturated rings. The van der Waals surface area contributed by atoms with Gasteiger partial charge in [-0.2, -0.15) is 0 Å². The van der Waals surface area contributed by atoms with Gasteiger partial charge in [-0.25, -0.2) is 0 Å². The van der Waals surface area contributed by atoms with Gasteiger partial charge in [0.1, 0.15) is 0 Å². The summed E-state index contributed by atoms with van der Waals surface area (Å²) in [7, 11) is 0. The van der Waals surface area contributed by atoms with E-state index in [1.807, 2.05) is 12.4 Å². The summed E-state index contributed by atoms with van der Waals surface area (Å²) in [5.41, 5.74) is 16.3. The molecule has 0 saturated heterocycles. The summed E-state index contributed by atoms with van der Waals surface area (Å²) >= 11 is 0. The lowest BCUT2D eigenvalue weighted by atomic mass is 9.66. The van der Waals surface area contributed by atoms with E-state index in [4.69, 9.17) is 0 Å². The predicted molar refractivity (Wildman–Crippen MR) is 218 cm³/mol. The number of aromatic nitrogens is 3. The zero-order chi connectivity index (χ0) is 34.9. The number of allylic oxidation sites excluding steroid dienone is 6. The van der Waals surface area contributed by atoms with E-state index in [1.54, 1.807) is 0 Å². The summed E-state index contributed by atoms with van der Waals surface area (Å²) < 4.78 is 4.81. The van der Waals surface area contributed by atoms with Gasteiger partial charge in [0.15, 0.2) is 0 Å². The van der Waals surface area contributed by atoms with Gasteiger partial charge in [0.2, 0.25) is 0 Å². The number of benzene rings is 5. The fourth-order valence-corrected chi connectivity index (χ4v) is 9.52. The first-order chi connectivity index (χ1) is 26.3. The van der Waals surface area contributed by atoms with E-state index in [-0.39, 0.29) is 0 Å².